The topological polar surface area (TPSA) is 41.9 Å². The predicted molar refractivity (Wildman–Crippen MR) is 102 cm³/mol. The summed E-state index contributed by atoms with van der Waals surface area (Å²) in [5.74, 6) is -0.426. The van der Waals surface area contributed by atoms with Gasteiger partial charge < -0.3 is 14.6 Å². The number of halogens is 2. The second-order valence-corrected chi connectivity index (χ2v) is 6.27. The molecule has 6 heteroatoms. The number of aliphatic hydroxyl groups is 1. The standard InChI is InChI=1S/C20H24FNO3.ClH/c1-24-19-8-7-16(13-18(19)21)20(23)17(15-5-3-2-4-6-15)14-22-9-11-25-12-10-22;/h2-8,13,17,20,23H,9-12,14H2,1H3;1H. The van der Waals surface area contributed by atoms with E-state index in [0.717, 1.165) is 18.7 Å². The number of aliphatic hydroxyl groups excluding tert-OH is 1. The highest BCUT2D eigenvalue weighted by Crippen LogP contribution is 2.33. The van der Waals surface area contributed by atoms with Crippen molar-refractivity contribution in [3.63, 3.8) is 0 Å². The molecule has 26 heavy (non-hydrogen) atoms. The van der Waals surface area contributed by atoms with Crippen molar-refractivity contribution in [2.24, 2.45) is 0 Å². The summed E-state index contributed by atoms with van der Waals surface area (Å²) in [4.78, 5) is 2.28. The summed E-state index contributed by atoms with van der Waals surface area (Å²) in [6.07, 6.45) is -0.800. The first-order chi connectivity index (χ1) is 12.2. The molecule has 0 radical (unpaired) electrons. The van der Waals surface area contributed by atoms with Gasteiger partial charge in [-0.15, -0.1) is 12.4 Å². The number of benzene rings is 2. The second kappa shape index (κ2) is 9.88. The van der Waals surface area contributed by atoms with Crippen molar-refractivity contribution in [3.8, 4) is 5.75 Å². The summed E-state index contributed by atoms with van der Waals surface area (Å²) >= 11 is 0. The maximum absolute atomic E-state index is 14.1. The number of nitrogens with zero attached hydrogens (tertiary/aromatic N) is 1. The molecule has 4 nitrogen and oxygen atoms in total. The van der Waals surface area contributed by atoms with Gasteiger partial charge in [-0.1, -0.05) is 36.4 Å². The van der Waals surface area contributed by atoms with Gasteiger partial charge in [0.05, 0.1) is 26.4 Å². The molecule has 2 unspecified atom stereocenters. The zero-order valence-corrected chi connectivity index (χ0v) is 15.6. The first-order valence-electron chi connectivity index (χ1n) is 8.55. The lowest BCUT2D eigenvalue weighted by atomic mass is 9.88. The molecule has 1 fully saturated rings. The van der Waals surface area contributed by atoms with E-state index < -0.39 is 11.9 Å². The fourth-order valence-corrected chi connectivity index (χ4v) is 3.25. The van der Waals surface area contributed by atoms with Crippen LogP contribution in [0.1, 0.15) is 23.1 Å². The van der Waals surface area contributed by atoms with E-state index in [1.54, 1.807) is 12.1 Å². The van der Waals surface area contributed by atoms with Crippen LogP contribution in [0.3, 0.4) is 0 Å². The van der Waals surface area contributed by atoms with E-state index in [1.165, 1.54) is 13.2 Å². The molecule has 3 rings (SSSR count). The van der Waals surface area contributed by atoms with Gasteiger partial charge in [0.1, 0.15) is 0 Å². The van der Waals surface area contributed by atoms with Gasteiger partial charge in [0.25, 0.3) is 0 Å². The largest absolute Gasteiger partial charge is 0.494 e. The Morgan fingerprint density at radius 2 is 1.81 bits per heavy atom. The van der Waals surface area contributed by atoms with Crippen molar-refractivity contribution >= 4 is 12.4 Å². The SMILES string of the molecule is COc1ccc(C(O)C(CN2CCOCC2)c2ccccc2)cc1F.Cl. The Hall–Kier alpha value is -1.66. The smallest absolute Gasteiger partial charge is 0.165 e. The average molecular weight is 382 g/mol. The molecule has 0 saturated carbocycles. The van der Waals surface area contributed by atoms with E-state index in [1.807, 2.05) is 30.3 Å². The number of ether oxygens (including phenoxy) is 2. The molecule has 1 aliphatic rings. The zero-order valence-electron chi connectivity index (χ0n) is 14.8. The fourth-order valence-electron chi connectivity index (χ4n) is 3.25. The first-order valence-corrected chi connectivity index (χ1v) is 8.55. The molecule has 1 N–H and O–H groups in total. The lowest BCUT2D eigenvalue weighted by Crippen LogP contribution is -2.40. The van der Waals surface area contributed by atoms with Crippen LogP contribution in [-0.4, -0.2) is 50.0 Å². The fraction of sp³-hybridized carbons (Fsp3) is 0.400. The highest BCUT2D eigenvalue weighted by atomic mass is 35.5. The van der Waals surface area contributed by atoms with Crippen molar-refractivity contribution < 1.29 is 19.0 Å². The summed E-state index contributed by atoms with van der Waals surface area (Å²) in [6, 6.07) is 14.5. The Kier molecular flexibility index (Phi) is 7.85. The molecule has 2 aromatic carbocycles. The minimum absolute atomic E-state index is 0. The zero-order chi connectivity index (χ0) is 17.6. The van der Waals surface area contributed by atoms with Crippen LogP contribution in [0.2, 0.25) is 0 Å². The summed E-state index contributed by atoms with van der Waals surface area (Å²) in [6.45, 7) is 3.78. The second-order valence-electron chi connectivity index (χ2n) is 6.27. The van der Waals surface area contributed by atoms with Crippen molar-refractivity contribution in [1.82, 2.24) is 4.90 Å². The van der Waals surface area contributed by atoms with Crippen LogP contribution in [0.5, 0.6) is 5.75 Å². The quantitative estimate of drug-likeness (QED) is 0.832. The molecule has 2 aromatic rings. The van der Waals surface area contributed by atoms with Gasteiger partial charge in [-0.25, -0.2) is 4.39 Å². The van der Waals surface area contributed by atoms with Crippen LogP contribution < -0.4 is 4.74 Å². The van der Waals surface area contributed by atoms with Gasteiger partial charge in [0.15, 0.2) is 11.6 Å². The molecule has 2 atom stereocenters. The van der Waals surface area contributed by atoms with Crippen molar-refractivity contribution in [2.75, 3.05) is 40.0 Å². The highest BCUT2D eigenvalue weighted by molar-refractivity contribution is 5.85. The van der Waals surface area contributed by atoms with Crippen LogP contribution in [0.25, 0.3) is 0 Å². The third kappa shape index (κ3) is 4.95. The molecule has 0 spiro atoms. The molecule has 0 amide bonds. The lowest BCUT2D eigenvalue weighted by Gasteiger charge is -2.33. The van der Waals surface area contributed by atoms with E-state index in [2.05, 4.69) is 4.90 Å². The number of rotatable bonds is 6. The summed E-state index contributed by atoms with van der Waals surface area (Å²) < 4.78 is 24.4. The van der Waals surface area contributed by atoms with Crippen LogP contribution >= 0.6 is 12.4 Å². The van der Waals surface area contributed by atoms with E-state index in [0.29, 0.717) is 25.3 Å². The maximum atomic E-state index is 14.1. The third-order valence-electron chi connectivity index (χ3n) is 4.68. The summed E-state index contributed by atoms with van der Waals surface area (Å²) in [5, 5.41) is 11.0. The van der Waals surface area contributed by atoms with Crippen molar-refractivity contribution in [1.29, 1.82) is 0 Å². The van der Waals surface area contributed by atoms with E-state index >= 15 is 0 Å². The Labute approximate surface area is 160 Å². The molecule has 0 aromatic heterocycles. The van der Waals surface area contributed by atoms with Crippen LogP contribution in [0.15, 0.2) is 48.5 Å². The Morgan fingerprint density at radius 3 is 2.42 bits per heavy atom. The van der Waals surface area contributed by atoms with E-state index in [-0.39, 0.29) is 24.1 Å². The first kappa shape index (κ1) is 20.6. The molecule has 0 bridgehead atoms. The summed E-state index contributed by atoms with van der Waals surface area (Å²) in [5.41, 5.74) is 1.60. The molecular formula is C20H25ClFNO3. The molecule has 142 valence electrons. The number of hydrogen-bond acceptors (Lipinski definition) is 4. The molecule has 1 aliphatic heterocycles. The molecular weight excluding hydrogens is 357 g/mol. The van der Waals surface area contributed by atoms with Crippen LogP contribution in [0.4, 0.5) is 4.39 Å². The van der Waals surface area contributed by atoms with Gasteiger partial charge in [-0.2, -0.15) is 0 Å². The van der Waals surface area contributed by atoms with Crippen LogP contribution in [0, 0.1) is 5.82 Å². The van der Waals surface area contributed by atoms with Gasteiger partial charge in [-0.3, -0.25) is 4.90 Å². The van der Waals surface area contributed by atoms with Crippen LogP contribution in [-0.2, 0) is 4.74 Å². The Balaban J connectivity index is 0.00000243. The third-order valence-corrected chi connectivity index (χ3v) is 4.68. The van der Waals surface area contributed by atoms with Gasteiger partial charge in [0, 0.05) is 25.6 Å². The monoisotopic (exact) mass is 381 g/mol. The minimum Gasteiger partial charge on any atom is -0.494 e. The van der Waals surface area contributed by atoms with Crippen molar-refractivity contribution in [2.45, 2.75) is 12.0 Å². The molecule has 1 heterocycles. The van der Waals surface area contributed by atoms with Crippen molar-refractivity contribution in [3.05, 3.63) is 65.5 Å². The lowest BCUT2D eigenvalue weighted by molar-refractivity contribution is 0.0239. The van der Waals surface area contributed by atoms with Gasteiger partial charge in [-0.05, 0) is 23.3 Å². The number of methoxy groups -OCH3 is 1. The minimum atomic E-state index is -0.800. The van der Waals surface area contributed by atoms with E-state index in [9.17, 15) is 9.50 Å². The highest BCUT2D eigenvalue weighted by Gasteiger charge is 2.26. The predicted octanol–water partition coefficient (Wildman–Crippen LogP) is 3.41. The maximum Gasteiger partial charge on any atom is 0.165 e. The Bertz CT molecular complexity index is 680. The normalized spacial score (nSPS) is 17.2. The van der Waals surface area contributed by atoms with Gasteiger partial charge in [0.2, 0.25) is 0 Å². The number of morpholine rings is 1. The summed E-state index contributed by atoms with van der Waals surface area (Å²) in [7, 11) is 1.43. The average Bonchev–Trinajstić information content (AvgIpc) is 2.67. The Morgan fingerprint density at radius 1 is 1.12 bits per heavy atom. The van der Waals surface area contributed by atoms with Gasteiger partial charge >= 0.3 is 0 Å². The molecule has 1 saturated heterocycles. The number of hydrogen-bond donors (Lipinski definition) is 1. The molecule has 0 aliphatic carbocycles. The van der Waals surface area contributed by atoms with E-state index in [4.69, 9.17) is 9.47 Å².